The maximum atomic E-state index is 4.43. The first-order valence-electron chi connectivity index (χ1n) is 6.33. The van der Waals surface area contributed by atoms with Gasteiger partial charge in [0.2, 0.25) is 0 Å². The summed E-state index contributed by atoms with van der Waals surface area (Å²) in [6.07, 6.45) is 3.14. The molecule has 3 nitrogen and oxygen atoms in total. The number of piperazine rings is 1. The minimum absolute atomic E-state index is 0.979. The Morgan fingerprint density at radius 3 is 2.47 bits per heavy atom. The van der Waals surface area contributed by atoms with Crippen LogP contribution in [0.3, 0.4) is 0 Å². The standard InChI is InChI=1S/C13H20BrN3/c1-2-5-16-6-8-17(9-7-16)11-13-4-3-12(14)10-15-13/h3-4,10H,2,5-9,11H2,1H3. The monoisotopic (exact) mass is 297 g/mol. The van der Waals surface area contributed by atoms with Gasteiger partial charge in [-0.15, -0.1) is 0 Å². The van der Waals surface area contributed by atoms with E-state index in [1.807, 2.05) is 6.20 Å². The van der Waals surface area contributed by atoms with Crippen molar-refractivity contribution in [2.45, 2.75) is 19.9 Å². The van der Waals surface area contributed by atoms with E-state index < -0.39 is 0 Å². The maximum Gasteiger partial charge on any atom is 0.0544 e. The minimum Gasteiger partial charge on any atom is -0.301 e. The molecule has 1 fully saturated rings. The lowest BCUT2D eigenvalue weighted by Gasteiger charge is -2.34. The molecule has 1 saturated heterocycles. The molecule has 0 amide bonds. The van der Waals surface area contributed by atoms with Gasteiger partial charge in [0.1, 0.15) is 0 Å². The number of rotatable bonds is 4. The Hall–Kier alpha value is -0.450. The van der Waals surface area contributed by atoms with E-state index in [4.69, 9.17) is 0 Å². The van der Waals surface area contributed by atoms with E-state index in [1.54, 1.807) is 0 Å². The van der Waals surface area contributed by atoms with Crippen LogP contribution in [0.2, 0.25) is 0 Å². The van der Waals surface area contributed by atoms with Gasteiger partial charge in [0.05, 0.1) is 5.69 Å². The molecule has 2 heterocycles. The van der Waals surface area contributed by atoms with Crippen LogP contribution in [0.1, 0.15) is 19.0 Å². The lowest BCUT2D eigenvalue weighted by molar-refractivity contribution is 0.126. The van der Waals surface area contributed by atoms with Crippen LogP contribution in [0, 0.1) is 0 Å². The van der Waals surface area contributed by atoms with Crippen LogP contribution in [-0.4, -0.2) is 47.5 Å². The number of hydrogen-bond donors (Lipinski definition) is 0. The van der Waals surface area contributed by atoms with Crippen molar-refractivity contribution in [3.05, 3.63) is 28.5 Å². The van der Waals surface area contributed by atoms with Crippen molar-refractivity contribution in [1.82, 2.24) is 14.8 Å². The topological polar surface area (TPSA) is 19.4 Å². The highest BCUT2D eigenvalue weighted by molar-refractivity contribution is 9.10. The first kappa shape index (κ1) is 13.0. The van der Waals surface area contributed by atoms with E-state index in [-0.39, 0.29) is 0 Å². The second kappa shape index (κ2) is 6.47. The van der Waals surface area contributed by atoms with Crippen molar-refractivity contribution in [3.8, 4) is 0 Å². The molecular formula is C13H20BrN3. The van der Waals surface area contributed by atoms with Gasteiger partial charge in [-0.05, 0) is 41.0 Å². The molecule has 0 atom stereocenters. The summed E-state index contributed by atoms with van der Waals surface area (Å²) < 4.78 is 1.05. The Bertz CT molecular complexity index is 331. The molecule has 2 rings (SSSR count). The third kappa shape index (κ3) is 4.05. The van der Waals surface area contributed by atoms with Gasteiger partial charge in [-0.2, -0.15) is 0 Å². The van der Waals surface area contributed by atoms with Crippen LogP contribution >= 0.6 is 15.9 Å². The van der Waals surface area contributed by atoms with Gasteiger partial charge in [0, 0.05) is 43.4 Å². The molecule has 0 spiro atoms. The van der Waals surface area contributed by atoms with Crippen LogP contribution in [0.15, 0.2) is 22.8 Å². The summed E-state index contributed by atoms with van der Waals surface area (Å²) in [5.74, 6) is 0. The van der Waals surface area contributed by atoms with Crippen LogP contribution in [0.4, 0.5) is 0 Å². The first-order valence-corrected chi connectivity index (χ1v) is 7.12. The Balaban J connectivity index is 1.79. The lowest BCUT2D eigenvalue weighted by atomic mass is 10.2. The number of nitrogens with zero attached hydrogens (tertiary/aromatic N) is 3. The fourth-order valence-corrected chi connectivity index (χ4v) is 2.45. The van der Waals surface area contributed by atoms with Crippen LogP contribution in [-0.2, 0) is 6.54 Å². The van der Waals surface area contributed by atoms with Gasteiger partial charge in [-0.25, -0.2) is 0 Å². The lowest BCUT2D eigenvalue weighted by Crippen LogP contribution is -2.46. The fourth-order valence-electron chi connectivity index (χ4n) is 2.22. The average molecular weight is 298 g/mol. The molecule has 0 aliphatic carbocycles. The van der Waals surface area contributed by atoms with Gasteiger partial charge >= 0.3 is 0 Å². The molecule has 1 aromatic rings. The Kier molecular flexibility index (Phi) is 4.95. The molecule has 0 unspecified atom stereocenters. The number of halogens is 1. The molecule has 94 valence electrons. The SMILES string of the molecule is CCCN1CCN(Cc2ccc(Br)cn2)CC1. The summed E-state index contributed by atoms with van der Waals surface area (Å²) >= 11 is 3.41. The molecule has 17 heavy (non-hydrogen) atoms. The molecular weight excluding hydrogens is 278 g/mol. The summed E-state index contributed by atoms with van der Waals surface area (Å²) in [6, 6.07) is 4.16. The molecule has 0 aromatic carbocycles. The quantitative estimate of drug-likeness (QED) is 0.851. The van der Waals surface area contributed by atoms with E-state index in [0.29, 0.717) is 0 Å². The Morgan fingerprint density at radius 1 is 1.18 bits per heavy atom. The second-order valence-corrected chi connectivity index (χ2v) is 5.50. The summed E-state index contributed by atoms with van der Waals surface area (Å²) in [7, 11) is 0. The van der Waals surface area contributed by atoms with E-state index in [0.717, 1.165) is 29.8 Å². The van der Waals surface area contributed by atoms with Crippen molar-refractivity contribution < 1.29 is 0 Å². The summed E-state index contributed by atoms with van der Waals surface area (Å²) in [5.41, 5.74) is 1.16. The number of hydrogen-bond acceptors (Lipinski definition) is 3. The molecule has 0 saturated carbocycles. The third-order valence-electron chi connectivity index (χ3n) is 3.18. The predicted molar refractivity (Wildman–Crippen MR) is 73.9 cm³/mol. The van der Waals surface area contributed by atoms with Crippen LogP contribution in [0.5, 0.6) is 0 Å². The van der Waals surface area contributed by atoms with Crippen LogP contribution in [0.25, 0.3) is 0 Å². The van der Waals surface area contributed by atoms with E-state index in [2.05, 4.69) is 49.8 Å². The molecule has 1 aromatic heterocycles. The largest absolute Gasteiger partial charge is 0.301 e. The molecule has 1 aliphatic heterocycles. The number of aromatic nitrogens is 1. The van der Waals surface area contributed by atoms with E-state index in [9.17, 15) is 0 Å². The van der Waals surface area contributed by atoms with E-state index in [1.165, 1.54) is 26.1 Å². The third-order valence-corrected chi connectivity index (χ3v) is 3.65. The molecule has 0 N–H and O–H groups in total. The van der Waals surface area contributed by atoms with Crippen molar-refractivity contribution in [3.63, 3.8) is 0 Å². The van der Waals surface area contributed by atoms with Crippen molar-refractivity contribution >= 4 is 15.9 Å². The highest BCUT2D eigenvalue weighted by atomic mass is 79.9. The van der Waals surface area contributed by atoms with Crippen LogP contribution < -0.4 is 0 Å². The van der Waals surface area contributed by atoms with Gasteiger partial charge in [-0.1, -0.05) is 6.92 Å². The molecule has 1 aliphatic rings. The number of pyridine rings is 1. The molecule has 0 radical (unpaired) electrons. The summed E-state index contributed by atoms with van der Waals surface area (Å²) in [6.45, 7) is 9.19. The first-order chi connectivity index (χ1) is 8.28. The second-order valence-electron chi connectivity index (χ2n) is 4.59. The zero-order chi connectivity index (χ0) is 12.1. The Labute approximate surface area is 112 Å². The van der Waals surface area contributed by atoms with E-state index >= 15 is 0 Å². The highest BCUT2D eigenvalue weighted by Crippen LogP contribution is 2.10. The Morgan fingerprint density at radius 2 is 1.88 bits per heavy atom. The smallest absolute Gasteiger partial charge is 0.0544 e. The van der Waals surface area contributed by atoms with Crippen molar-refractivity contribution in [2.75, 3.05) is 32.7 Å². The predicted octanol–water partition coefficient (Wildman–Crippen LogP) is 2.37. The van der Waals surface area contributed by atoms with Gasteiger partial charge < -0.3 is 4.90 Å². The van der Waals surface area contributed by atoms with Gasteiger partial charge in [0.25, 0.3) is 0 Å². The van der Waals surface area contributed by atoms with Crippen molar-refractivity contribution in [2.24, 2.45) is 0 Å². The normalized spacial score (nSPS) is 18.5. The minimum atomic E-state index is 0.979. The molecule has 0 bridgehead atoms. The summed E-state index contributed by atoms with van der Waals surface area (Å²) in [5, 5.41) is 0. The highest BCUT2D eigenvalue weighted by Gasteiger charge is 2.16. The maximum absolute atomic E-state index is 4.43. The van der Waals surface area contributed by atoms with Crippen molar-refractivity contribution in [1.29, 1.82) is 0 Å². The molecule has 4 heteroatoms. The summed E-state index contributed by atoms with van der Waals surface area (Å²) in [4.78, 5) is 9.46. The zero-order valence-electron chi connectivity index (χ0n) is 10.4. The van der Waals surface area contributed by atoms with Gasteiger partial charge in [0.15, 0.2) is 0 Å². The zero-order valence-corrected chi connectivity index (χ0v) is 12.0. The fraction of sp³-hybridized carbons (Fsp3) is 0.615. The van der Waals surface area contributed by atoms with Gasteiger partial charge in [-0.3, -0.25) is 9.88 Å². The average Bonchev–Trinajstić information content (AvgIpc) is 2.35.